The lowest BCUT2D eigenvalue weighted by atomic mass is 9.96. The quantitative estimate of drug-likeness (QED) is 0.674. The lowest BCUT2D eigenvalue weighted by Gasteiger charge is -2.36. The van der Waals surface area contributed by atoms with Crippen LogP contribution in [0.4, 0.5) is 23.7 Å². The van der Waals surface area contributed by atoms with Crippen molar-refractivity contribution in [3.8, 4) is 5.75 Å². The van der Waals surface area contributed by atoms with Gasteiger partial charge in [0.15, 0.2) is 0 Å². The molecule has 2 aliphatic rings. The Labute approximate surface area is 175 Å². The first-order valence-electron chi connectivity index (χ1n) is 9.18. The molecule has 4 amide bonds. The van der Waals surface area contributed by atoms with Crippen molar-refractivity contribution in [3.05, 3.63) is 23.2 Å². The van der Waals surface area contributed by atoms with E-state index in [1.807, 2.05) is 4.90 Å². The molecule has 8 nitrogen and oxygen atoms in total. The van der Waals surface area contributed by atoms with Gasteiger partial charge in [0.05, 0.1) is 5.02 Å². The molecule has 1 aromatic carbocycles. The van der Waals surface area contributed by atoms with Gasteiger partial charge in [0, 0.05) is 44.4 Å². The second-order valence-electron chi connectivity index (χ2n) is 7.27. The number of piperazine rings is 1. The second kappa shape index (κ2) is 8.21. The number of ether oxygens (including phenoxy) is 1. The Kier molecular flexibility index (Phi) is 6.02. The van der Waals surface area contributed by atoms with Crippen LogP contribution in [0.2, 0.25) is 5.02 Å². The van der Waals surface area contributed by atoms with Crippen LogP contribution in [0.25, 0.3) is 0 Å². The number of hydrogen-bond acceptors (Lipinski definition) is 5. The van der Waals surface area contributed by atoms with E-state index in [1.165, 1.54) is 12.1 Å². The summed E-state index contributed by atoms with van der Waals surface area (Å²) in [6, 6.07) is 3.55. The Morgan fingerprint density at radius 2 is 1.90 bits per heavy atom. The van der Waals surface area contributed by atoms with Gasteiger partial charge in [-0.3, -0.25) is 14.9 Å². The number of carbonyl (C=O) groups excluding carboxylic acids is 3. The molecular formula is C18H20ClF3N4O4. The number of imide groups is 1. The molecule has 0 aromatic heterocycles. The van der Waals surface area contributed by atoms with E-state index in [2.05, 4.69) is 15.4 Å². The Balaban J connectivity index is 1.54. The first-order chi connectivity index (χ1) is 14.0. The van der Waals surface area contributed by atoms with E-state index >= 15 is 0 Å². The molecular weight excluding hydrogens is 429 g/mol. The molecule has 0 saturated carbocycles. The third-order valence-corrected chi connectivity index (χ3v) is 5.41. The normalized spacial score (nSPS) is 22.0. The van der Waals surface area contributed by atoms with Crippen LogP contribution < -0.4 is 20.3 Å². The third kappa shape index (κ3) is 5.07. The van der Waals surface area contributed by atoms with Crippen LogP contribution in [-0.2, 0) is 9.59 Å². The zero-order valence-corrected chi connectivity index (χ0v) is 16.8. The molecule has 2 saturated heterocycles. The van der Waals surface area contributed by atoms with Crippen LogP contribution in [0.3, 0.4) is 0 Å². The van der Waals surface area contributed by atoms with Gasteiger partial charge in [-0.2, -0.15) is 0 Å². The Morgan fingerprint density at radius 3 is 2.47 bits per heavy atom. The van der Waals surface area contributed by atoms with Gasteiger partial charge in [0.2, 0.25) is 5.91 Å². The molecule has 2 fully saturated rings. The summed E-state index contributed by atoms with van der Waals surface area (Å²) in [5.41, 5.74) is -0.615. The van der Waals surface area contributed by atoms with Crippen LogP contribution in [-0.4, -0.2) is 60.8 Å². The van der Waals surface area contributed by atoms with E-state index in [4.69, 9.17) is 11.6 Å². The number of nitrogens with zero attached hydrogens (tertiary/aromatic N) is 2. The highest BCUT2D eigenvalue weighted by Crippen LogP contribution is 2.34. The molecule has 0 aliphatic carbocycles. The van der Waals surface area contributed by atoms with Crippen molar-refractivity contribution in [3.63, 3.8) is 0 Å². The van der Waals surface area contributed by atoms with Crippen molar-refractivity contribution in [2.45, 2.75) is 31.7 Å². The number of amides is 4. The van der Waals surface area contributed by atoms with E-state index in [0.29, 0.717) is 31.9 Å². The maximum absolute atomic E-state index is 12.5. The molecule has 1 aromatic rings. The van der Waals surface area contributed by atoms with Crippen molar-refractivity contribution in [1.82, 2.24) is 15.5 Å². The van der Waals surface area contributed by atoms with Crippen LogP contribution in [0.15, 0.2) is 18.2 Å². The van der Waals surface area contributed by atoms with Gasteiger partial charge in [-0.1, -0.05) is 11.6 Å². The maximum atomic E-state index is 12.5. The zero-order chi connectivity index (χ0) is 22.1. The van der Waals surface area contributed by atoms with Gasteiger partial charge in [-0.25, -0.2) is 4.79 Å². The van der Waals surface area contributed by atoms with Gasteiger partial charge >= 0.3 is 12.4 Å². The summed E-state index contributed by atoms with van der Waals surface area (Å²) in [5, 5.41) is 4.51. The van der Waals surface area contributed by atoms with Crippen LogP contribution in [0.5, 0.6) is 5.75 Å². The van der Waals surface area contributed by atoms with Gasteiger partial charge in [-0.15, -0.1) is 13.2 Å². The Morgan fingerprint density at radius 1 is 1.23 bits per heavy atom. The predicted molar refractivity (Wildman–Crippen MR) is 101 cm³/mol. The maximum Gasteiger partial charge on any atom is 0.573 e. The summed E-state index contributed by atoms with van der Waals surface area (Å²) in [4.78, 5) is 39.0. The molecule has 30 heavy (non-hydrogen) atoms. The van der Waals surface area contributed by atoms with E-state index in [9.17, 15) is 27.6 Å². The average Bonchev–Trinajstić information content (AvgIpc) is 2.92. The van der Waals surface area contributed by atoms with E-state index < -0.39 is 29.6 Å². The second-order valence-corrected chi connectivity index (χ2v) is 7.68. The molecule has 0 radical (unpaired) electrons. The van der Waals surface area contributed by atoms with Crippen molar-refractivity contribution < 1.29 is 32.3 Å². The molecule has 2 heterocycles. The van der Waals surface area contributed by atoms with Gasteiger partial charge < -0.3 is 19.9 Å². The summed E-state index contributed by atoms with van der Waals surface area (Å²) in [6.07, 6.45) is -4.60. The molecule has 0 spiro atoms. The van der Waals surface area contributed by atoms with Crippen molar-refractivity contribution in [1.29, 1.82) is 0 Å². The van der Waals surface area contributed by atoms with Crippen molar-refractivity contribution in [2.24, 2.45) is 0 Å². The number of carbonyl (C=O) groups is 3. The van der Waals surface area contributed by atoms with E-state index in [-0.39, 0.29) is 23.8 Å². The molecule has 2 N–H and O–H groups in total. The zero-order valence-electron chi connectivity index (χ0n) is 16.0. The van der Waals surface area contributed by atoms with Crippen LogP contribution >= 0.6 is 11.6 Å². The summed E-state index contributed by atoms with van der Waals surface area (Å²) in [6.45, 7) is 3.11. The molecule has 0 bridgehead atoms. The molecule has 2 aliphatic heterocycles. The van der Waals surface area contributed by atoms with Crippen LogP contribution in [0.1, 0.15) is 19.8 Å². The number of urea groups is 1. The molecule has 164 valence electrons. The minimum absolute atomic E-state index is 0.0781. The Hall–Kier alpha value is -2.69. The lowest BCUT2D eigenvalue weighted by molar-refractivity contribution is -0.274. The highest BCUT2D eigenvalue weighted by Gasteiger charge is 2.42. The van der Waals surface area contributed by atoms with Crippen LogP contribution in [0, 0.1) is 0 Å². The highest BCUT2D eigenvalue weighted by atomic mass is 35.5. The Bertz CT molecular complexity index is 858. The summed E-state index contributed by atoms with van der Waals surface area (Å²) in [5.74, 6) is -1.11. The fraction of sp³-hybridized carbons (Fsp3) is 0.500. The number of halogens is 4. The number of alkyl halides is 3. The van der Waals surface area contributed by atoms with Gasteiger partial charge in [0.25, 0.3) is 5.91 Å². The van der Waals surface area contributed by atoms with Crippen molar-refractivity contribution >= 4 is 35.1 Å². The fourth-order valence-electron chi connectivity index (χ4n) is 3.38. The number of rotatable bonds is 5. The number of hydrogen-bond donors (Lipinski definition) is 2. The lowest BCUT2D eigenvalue weighted by Crippen LogP contribution is -2.50. The smallest absolute Gasteiger partial charge is 0.404 e. The molecule has 12 heteroatoms. The number of nitrogens with one attached hydrogen (secondary N) is 2. The largest absolute Gasteiger partial charge is 0.573 e. The standard InChI is InChI=1S/C18H20ClF3N4O4/c1-17(15(28)23-16(29)24-17)5-4-14(27)26-8-6-25(7-9-26)11-2-3-12(19)13(10-11)30-18(20,21)22/h2-3,10H,4-9H2,1H3,(H2,23,24,28,29). The topological polar surface area (TPSA) is 91.0 Å². The number of anilines is 1. The molecule has 1 atom stereocenters. The summed E-state index contributed by atoms with van der Waals surface area (Å²) < 4.78 is 41.5. The first-order valence-corrected chi connectivity index (χ1v) is 9.56. The van der Waals surface area contributed by atoms with Gasteiger partial charge in [0.1, 0.15) is 11.3 Å². The summed E-state index contributed by atoms with van der Waals surface area (Å²) >= 11 is 5.77. The fourth-order valence-corrected chi connectivity index (χ4v) is 3.53. The van der Waals surface area contributed by atoms with E-state index in [0.717, 1.165) is 0 Å². The summed E-state index contributed by atoms with van der Waals surface area (Å²) in [7, 11) is 0. The highest BCUT2D eigenvalue weighted by molar-refractivity contribution is 6.32. The third-order valence-electron chi connectivity index (χ3n) is 5.09. The average molecular weight is 449 g/mol. The molecule has 3 rings (SSSR count). The van der Waals surface area contributed by atoms with Crippen molar-refractivity contribution in [2.75, 3.05) is 31.1 Å². The number of benzene rings is 1. The monoisotopic (exact) mass is 448 g/mol. The first kappa shape index (κ1) is 22.0. The minimum atomic E-state index is -4.85. The molecule has 1 unspecified atom stereocenters. The van der Waals surface area contributed by atoms with Gasteiger partial charge in [-0.05, 0) is 25.5 Å². The van der Waals surface area contributed by atoms with E-state index in [1.54, 1.807) is 17.9 Å². The SMILES string of the molecule is CC1(CCC(=O)N2CCN(c3ccc(Cl)c(OC(F)(F)F)c3)CC2)NC(=O)NC1=O. The predicted octanol–water partition coefficient (Wildman–Crippen LogP) is 2.27. The minimum Gasteiger partial charge on any atom is -0.404 e.